The zero-order valence-corrected chi connectivity index (χ0v) is 16.9. The Labute approximate surface area is 174 Å². The highest BCUT2D eigenvalue weighted by Gasteiger charge is 2.17. The van der Waals surface area contributed by atoms with Crippen molar-refractivity contribution < 1.29 is 23.1 Å². The Morgan fingerprint density at radius 2 is 1.86 bits per heavy atom. The monoisotopic (exact) mass is 427 g/mol. The molecule has 2 amide bonds. The van der Waals surface area contributed by atoms with Gasteiger partial charge in [0.25, 0.3) is 0 Å². The van der Waals surface area contributed by atoms with Gasteiger partial charge in [-0.3, -0.25) is 9.59 Å². The molecule has 2 aromatic carbocycles. The molecule has 0 aromatic heterocycles. The Morgan fingerprint density at radius 3 is 2.48 bits per heavy atom. The molecule has 158 valence electrons. The highest BCUT2D eigenvalue weighted by Crippen LogP contribution is 2.22. The first-order valence-electron chi connectivity index (χ1n) is 8.76. The number of nitrogens with one attached hydrogen (secondary N) is 2. The summed E-state index contributed by atoms with van der Waals surface area (Å²) in [5.41, 5.74) is 6.46. The van der Waals surface area contributed by atoms with E-state index in [2.05, 4.69) is 10.6 Å². The van der Waals surface area contributed by atoms with Crippen molar-refractivity contribution in [2.24, 2.45) is 11.7 Å². The molecule has 6 nitrogen and oxygen atoms in total. The lowest BCUT2D eigenvalue weighted by atomic mass is 10.1. The first kappa shape index (κ1) is 24.3. The van der Waals surface area contributed by atoms with E-state index in [-0.39, 0.29) is 42.9 Å². The summed E-state index contributed by atoms with van der Waals surface area (Å²) in [6.45, 7) is 3.32. The fourth-order valence-corrected chi connectivity index (χ4v) is 2.28. The number of halogens is 3. The average Bonchev–Trinajstić information content (AvgIpc) is 2.64. The van der Waals surface area contributed by atoms with Crippen LogP contribution in [0.3, 0.4) is 0 Å². The lowest BCUT2D eigenvalue weighted by Crippen LogP contribution is -2.46. The van der Waals surface area contributed by atoms with Gasteiger partial charge in [-0.1, -0.05) is 26.0 Å². The molecule has 0 saturated carbocycles. The normalized spacial score (nSPS) is 11.4. The van der Waals surface area contributed by atoms with Gasteiger partial charge in [-0.25, -0.2) is 8.78 Å². The molecule has 9 heteroatoms. The quantitative estimate of drug-likeness (QED) is 0.603. The Morgan fingerprint density at radius 1 is 1.14 bits per heavy atom. The molecule has 0 bridgehead atoms. The van der Waals surface area contributed by atoms with Crippen molar-refractivity contribution in [2.75, 3.05) is 11.9 Å². The SMILES string of the molecule is CC(C)[C@H](N)C(=O)NCC(=O)Nc1ccc(OCc2cccc(F)c2)c(F)c1.Cl. The maximum absolute atomic E-state index is 14.2. The van der Waals surface area contributed by atoms with E-state index in [1.807, 2.05) is 0 Å². The molecule has 0 aliphatic carbocycles. The number of hydrogen-bond donors (Lipinski definition) is 3. The van der Waals surface area contributed by atoms with Crippen molar-refractivity contribution in [1.82, 2.24) is 5.32 Å². The average molecular weight is 428 g/mol. The van der Waals surface area contributed by atoms with Crippen LogP contribution in [0.2, 0.25) is 0 Å². The van der Waals surface area contributed by atoms with Crippen molar-refractivity contribution in [2.45, 2.75) is 26.5 Å². The second-order valence-electron chi connectivity index (χ2n) is 6.60. The highest BCUT2D eigenvalue weighted by atomic mass is 35.5. The topological polar surface area (TPSA) is 93.5 Å². The molecular formula is C20H24ClF2N3O3. The van der Waals surface area contributed by atoms with Gasteiger partial charge in [-0.15, -0.1) is 12.4 Å². The minimum absolute atomic E-state index is 0. The highest BCUT2D eigenvalue weighted by molar-refractivity contribution is 5.95. The molecule has 0 fully saturated rings. The van der Waals surface area contributed by atoms with Crippen LogP contribution in [0.25, 0.3) is 0 Å². The van der Waals surface area contributed by atoms with Gasteiger partial charge in [-0.2, -0.15) is 0 Å². The fraction of sp³-hybridized carbons (Fsp3) is 0.300. The predicted molar refractivity (Wildman–Crippen MR) is 109 cm³/mol. The van der Waals surface area contributed by atoms with E-state index in [0.29, 0.717) is 5.56 Å². The van der Waals surface area contributed by atoms with Gasteiger partial charge < -0.3 is 21.1 Å². The number of carbonyl (C=O) groups excluding carboxylic acids is 2. The first-order chi connectivity index (χ1) is 13.3. The van der Waals surface area contributed by atoms with Crippen molar-refractivity contribution in [3.05, 3.63) is 59.7 Å². The summed E-state index contributed by atoms with van der Waals surface area (Å²) in [4.78, 5) is 23.6. The van der Waals surface area contributed by atoms with Crippen LogP contribution < -0.4 is 21.1 Å². The van der Waals surface area contributed by atoms with Gasteiger partial charge in [0.1, 0.15) is 12.4 Å². The molecule has 1 atom stereocenters. The van der Waals surface area contributed by atoms with E-state index in [4.69, 9.17) is 10.5 Å². The number of rotatable bonds is 8. The smallest absolute Gasteiger partial charge is 0.243 e. The third-order valence-corrected chi connectivity index (χ3v) is 3.94. The van der Waals surface area contributed by atoms with Gasteiger partial charge in [0.2, 0.25) is 11.8 Å². The molecule has 0 heterocycles. The Hall–Kier alpha value is -2.71. The third-order valence-electron chi connectivity index (χ3n) is 3.94. The minimum atomic E-state index is -0.709. The number of nitrogens with two attached hydrogens (primary N) is 1. The van der Waals surface area contributed by atoms with Crippen LogP contribution in [0, 0.1) is 17.6 Å². The molecule has 29 heavy (non-hydrogen) atoms. The Bertz CT molecular complexity index is 849. The lowest BCUT2D eigenvalue weighted by Gasteiger charge is -2.15. The molecule has 0 unspecified atom stereocenters. The van der Waals surface area contributed by atoms with Crippen LogP contribution in [-0.2, 0) is 16.2 Å². The summed E-state index contributed by atoms with van der Waals surface area (Å²) in [6.07, 6.45) is 0. The predicted octanol–water partition coefficient (Wildman–Crippen LogP) is 3.00. The summed E-state index contributed by atoms with van der Waals surface area (Å²) in [5, 5.41) is 4.90. The molecule has 0 aliphatic heterocycles. The van der Waals surface area contributed by atoms with E-state index >= 15 is 0 Å². The lowest BCUT2D eigenvalue weighted by molar-refractivity contribution is -0.125. The van der Waals surface area contributed by atoms with E-state index in [1.165, 1.54) is 30.3 Å². The minimum Gasteiger partial charge on any atom is -0.486 e. The van der Waals surface area contributed by atoms with Crippen LogP contribution in [0.5, 0.6) is 5.75 Å². The van der Waals surface area contributed by atoms with Gasteiger partial charge in [0.05, 0.1) is 12.6 Å². The molecule has 0 aliphatic rings. The maximum Gasteiger partial charge on any atom is 0.243 e. The summed E-state index contributed by atoms with van der Waals surface area (Å²) >= 11 is 0. The van der Waals surface area contributed by atoms with Crippen molar-refractivity contribution in [3.8, 4) is 5.75 Å². The second kappa shape index (κ2) is 11.3. The van der Waals surface area contributed by atoms with Gasteiger partial charge in [-0.05, 0) is 35.7 Å². The van der Waals surface area contributed by atoms with E-state index < -0.39 is 29.5 Å². The van der Waals surface area contributed by atoms with E-state index in [1.54, 1.807) is 19.9 Å². The maximum atomic E-state index is 14.2. The largest absolute Gasteiger partial charge is 0.486 e. The van der Waals surface area contributed by atoms with Crippen LogP contribution >= 0.6 is 12.4 Å². The second-order valence-corrected chi connectivity index (χ2v) is 6.60. The number of ether oxygens (including phenoxy) is 1. The zero-order chi connectivity index (χ0) is 20.7. The van der Waals surface area contributed by atoms with Crippen LogP contribution in [0.4, 0.5) is 14.5 Å². The summed E-state index contributed by atoms with van der Waals surface area (Å²) in [6, 6.07) is 9.01. The summed E-state index contributed by atoms with van der Waals surface area (Å²) in [7, 11) is 0. The van der Waals surface area contributed by atoms with E-state index in [0.717, 1.165) is 6.07 Å². The van der Waals surface area contributed by atoms with Crippen LogP contribution in [0.15, 0.2) is 42.5 Å². The third kappa shape index (κ3) is 7.67. The van der Waals surface area contributed by atoms with E-state index in [9.17, 15) is 18.4 Å². The molecule has 4 N–H and O–H groups in total. The molecule has 2 rings (SSSR count). The number of benzene rings is 2. The van der Waals surface area contributed by atoms with Crippen LogP contribution in [-0.4, -0.2) is 24.4 Å². The zero-order valence-electron chi connectivity index (χ0n) is 16.1. The molecule has 0 radical (unpaired) electrons. The van der Waals surface area contributed by atoms with Crippen molar-refractivity contribution in [1.29, 1.82) is 0 Å². The van der Waals surface area contributed by atoms with Gasteiger partial charge in [0.15, 0.2) is 11.6 Å². The van der Waals surface area contributed by atoms with Gasteiger partial charge >= 0.3 is 0 Å². The standard InChI is InChI=1S/C20H23F2N3O3.ClH/c1-12(2)19(23)20(27)24-10-18(26)25-15-6-7-17(16(22)9-15)28-11-13-4-3-5-14(21)8-13;/h3-9,12,19H,10-11,23H2,1-2H3,(H,24,27)(H,25,26);1H/t19-;/m0./s1. The van der Waals surface area contributed by atoms with Crippen LogP contribution in [0.1, 0.15) is 19.4 Å². The van der Waals surface area contributed by atoms with Crippen molar-refractivity contribution >= 4 is 29.9 Å². The number of carbonyl (C=O) groups is 2. The Kier molecular flexibility index (Phi) is 9.50. The number of amides is 2. The molecular weight excluding hydrogens is 404 g/mol. The first-order valence-corrected chi connectivity index (χ1v) is 8.76. The van der Waals surface area contributed by atoms with Crippen molar-refractivity contribution in [3.63, 3.8) is 0 Å². The molecule has 0 saturated heterocycles. The Balaban J connectivity index is 0.00000420. The van der Waals surface area contributed by atoms with Gasteiger partial charge in [0, 0.05) is 11.8 Å². The number of hydrogen-bond acceptors (Lipinski definition) is 4. The summed E-state index contributed by atoms with van der Waals surface area (Å²) < 4.78 is 32.6. The fourth-order valence-electron chi connectivity index (χ4n) is 2.28. The molecule has 2 aromatic rings. The summed E-state index contributed by atoms with van der Waals surface area (Å²) in [5.74, 6) is -2.12. The number of anilines is 1. The molecule has 0 spiro atoms.